The first-order valence-electron chi connectivity index (χ1n) is 8.23. The van der Waals surface area contributed by atoms with Crippen LogP contribution in [0, 0.1) is 0 Å². The van der Waals surface area contributed by atoms with E-state index in [1.54, 1.807) is 24.4 Å². The van der Waals surface area contributed by atoms with Crippen molar-refractivity contribution in [3.8, 4) is 0 Å². The lowest BCUT2D eigenvalue weighted by Crippen LogP contribution is -2.39. The van der Waals surface area contributed by atoms with Gasteiger partial charge in [0.1, 0.15) is 11.5 Å². The van der Waals surface area contributed by atoms with E-state index in [1.807, 2.05) is 0 Å². The Bertz CT molecular complexity index is 731. The Hall–Kier alpha value is -1.93. The van der Waals surface area contributed by atoms with Gasteiger partial charge in [0.15, 0.2) is 0 Å². The number of ether oxygens (including phenoxy) is 1. The summed E-state index contributed by atoms with van der Waals surface area (Å²) in [7, 11) is 0. The van der Waals surface area contributed by atoms with E-state index in [4.69, 9.17) is 27.9 Å². The summed E-state index contributed by atoms with van der Waals surface area (Å²) in [6, 6.07) is 4.82. The molecule has 3 rings (SSSR count). The Morgan fingerprint density at radius 3 is 2.50 bits per heavy atom. The molecule has 0 unspecified atom stereocenters. The summed E-state index contributed by atoms with van der Waals surface area (Å²) in [6.45, 7) is 5.10. The number of aromatic nitrogens is 2. The lowest BCUT2D eigenvalue weighted by molar-refractivity contribution is 0.0398. The molecule has 1 aliphatic heterocycles. The van der Waals surface area contributed by atoms with E-state index < -0.39 is 0 Å². The largest absolute Gasteiger partial charge is 0.379 e. The van der Waals surface area contributed by atoms with Crippen LogP contribution in [-0.2, 0) is 4.74 Å². The Kier molecular flexibility index (Phi) is 6.62. The number of amides is 1. The number of nitrogens with one attached hydrogen (secondary N) is 2. The van der Waals surface area contributed by atoms with Gasteiger partial charge in [-0.2, -0.15) is 0 Å². The number of hydrogen-bond acceptors (Lipinski definition) is 6. The molecule has 0 radical (unpaired) electrons. The number of morpholine rings is 1. The number of carbonyl (C=O) groups is 1. The van der Waals surface area contributed by atoms with Crippen molar-refractivity contribution < 1.29 is 9.53 Å². The number of carbonyl (C=O) groups excluding carboxylic acids is 1. The predicted octanol–water partition coefficient (Wildman–Crippen LogP) is 2.78. The van der Waals surface area contributed by atoms with Crippen LogP contribution in [0.4, 0.5) is 11.5 Å². The molecule has 1 aliphatic rings. The Balaban J connectivity index is 1.50. The standard InChI is InChI=1S/C17H19Cl2N5O2/c18-12-7-13(19)9-14(8-12)23-17(25)15-10-22-16(11-21-15)20-1-2-24-3-5-26-6-4-24/h7-11H,1-6H2,(H,20,22)(H,23,25). The molecule has 7 nitrogen and oxygen atoms in total. The monoisotopic (exact) mass is 395 g/mol. The highest BCUT2D eigenvalue weighted by Gasteiger charge is 2.11. The predicted molar refractivity (Wildman–Crippen MR) is 102 cm³/mol. The summed E-state index contributed by atoms with van der Waals surface area (Å²) in [6.07, 6.45) is 2.97. The average Bonchev–Trinajstić information content (AvgIpc) is 2.62. The minimum absolute atomic E-state index is 0.208. The molecular weight excluding hydrogens is 377 g/mol. The molecule has 0 atom stereocenters. The molecule has 26 heavy (non-hydrogen) atoms. The first-order valence-corrected chi connectivity index (χ1v) is 8.99. The van der Waals surface area contributed by atoms with Crippen LogP contribution in [0.1, 0.15) is 10.5 Å². The van der Waals surface area contributed by atoms with Gasteiger partial charge in [-0.3, -0.25) is 9.69 Å². The maximum absolute atomic E-state index is 12.2. The van der Waals surface area contributed by atoms with Crippen LogP contribution in [0.5, 0.6) is 0 Å². The van der Waals surface area contributed by atoms with E-state index in [2.05, 4.69) is 25.5 Å². The van der Waals surface area contributed by atoms with E-state index in [0.29, 0.717) is 21.6 Å². The van der Waals surface area contributed by atoms with Crippen molar-refractivity contribution in [2.75, 3.05) is 50.0 Å². The maximum atomic E-state index is 12.2. The molecule has 0 saturated carbocycles. The molecule has 9 heteroatoms. The molecule has 1 amide bonds. The fraction of sp³-hybridized carbons (Fsp3) is 0.353. The molecule has 2 heterocycles. The van der Waals surface area contributed by atoms with E-state index >= 15 is 0 Å². The van der Waals surface area contributed by atoms with E-state index in [0.717, 1.165) is 39.4 Å². The van der Waals surface area contributed by atoms with Gasteiger partial charge in [0.2, 0.25) is 0 Å². The summed E-state index contributed by atoms with van der Waals surface area (Å²) >= 11 is 11.8. The van der Waals surface area contributed by atoms with Gasteiger partial charge < -0.3 is 15.4 Å². The van der Waals surface area contributed by atoms with Gasteiger partial charge in [-0.1, -0.05) is 23.2 Å². The van der Waals surface area contributed by atoms with Crippen LogP contribution in [-0.4, -0.2) is 60.2 Å². The molecule has 2 aromatic rings. The van der Waals surface area contributed by atoms with Crippen LogP contribution in [0.15, 0.2) is 30.6 Å². The minimum Gasteiger partial charge on any atom is -0.379 e. The molecule has 1 fully saturated rings. The normalized spacial score (nSPS) is 14.8. The lowest BCUT2D eigenvalue weighted by atomic mass is 10.3. The molecule has 0 bridgehead atoms. The van der Waals surface area contributed by atoms with Crippen molar-refractivity contribution in [1.82, 2.24) is 14.9 Å². The van der Waals surface area contributed by atoms with Gasteiger partial charge >= 0.3 is 0 Å². The molecular formula is C17H19Cl2N5O2. The van der Waals surface area contributed by atoms with E-state index in [-0.39, 0.29) is 11.6 Å². The lowest BCUT2D eigenvalue weighted by Gasteiger charge is -2.26. The van der Waals surface area contributed by atoms with Crippen LogP contribution >= 0.6 is 23.2 Å². The number of anilines is 2. The smallest absolute Gasteiger partial charge is 0.275 e. The van der Waals surface area contributed by atoms with Crippen molar-refractivity contribution >= 4 is 40.6 Å². The Labute approximate surface area is 161 Å². The number of benzene rings is 1. The molecule has 1 saturated heterocycles. The van der Waals surface area contributed by atoms with Gasteiger partial charge in [-0.15, -0.1) is 0 Å². The fourth-order valence-corrected chi connectivity index (χ4v) is 3.05. The number of nitrogens with zero attached hydrogens (tertiary/aromatic N) is 3. The van der Waals surface area contributed by atoms with Gasteiger partial charge in [-0.25, -0.2) is 9.97 Å². The minimum atomic E-state index is -0.379. The number of hydrogen-bond donors (Lipinski definition) is 2. The first kappa shape index (κ1) is 18.8. The number of rotatable bonds is 6. The van der Waals surface area contributed by atoms with Crippen molar-refractivity contribution in [3.63, 3.8) is 0 Å². The maximum Gasteiger partial charge on any atom is 0.275 e. The van der Waals surface area contributed by atoms with Crippen LogP contribution in [0.3, 0.4) is 0 Å². The third-order valence-electron chi connectivity index (χ3n) is 3.84. The Morgan fingerprint density at radius 2 is 1.85 bits per heavy atom. The Morgan fingerprint density at radius 1 is 1.12 bits per heavy atom. The second-order valence-corrected chi connectivity index (χ2v) is 6.65. The van der Waals surface area contributed by atoms with Crippen molar-refractivity contribution in [2.24, 2.45) is 0 Å². The zero-order valence-corrected chi connectivity index (χ0v) is 15.6. The highest BCUT2D eigenvalue weighted by Crippen LogP contribution is 2.22. The topological polar surface area (TPSA) is 79.4 Å². The molecule has 2 N–H and O–H groups in total. The summed E-state index contributed by atoms with van der Waals surface area (Å²) in [5.41, 5.74) is 0.710. The third-order valence-corrected chi connectivity index (χ3v) is 4.28. The zero-order valence-electron chi connectivity index (χ0n) is 14.0. The zero-order chi connectivity index (χ0) is 18.4. The molecule has 0 aliphatic carbocycles. The summed E-state index contributed by atoms with van der Waals surface area (Å²) < 4.78 is 5.32. The fourth-order valence-electron chi connectivity index (χ4n) is 2.52. The molecule has 1 aromatic heterocycles. The summed E-state index contributed by atoms with van der Waals surface area (Å²) in [5, 5.41) is 6.78. The highest BCUT2D eigenvalue weighted by atomic mass is 35.5. The second kappa shape index (κ2) is 9.14. The molecule has 1 aromatic carbocycles. The quantitative estimate of drug-likeness (QED) is 0.782. The average molecular weight is 396 g/mol. The molecule has 138 valence electrons. The number of halogens is 2. The van der Waals surface area contributed by atoms with Gasteiger partial charge in [0, 0.05) is 41.9 Å². The van der Waals surface area contributed by atoms with Crippen molar-refractivity contribution in [3.05, 3.63) is 46.3 Å². The van der Waals surface area contributed by atoms with Crippen LogP contribution in [0.2, 0.25) is 10.0 Å². The van der Waals surface area contributed by atoms with Crippen molar-refractivity contribution in [2.45, 2.75) is 0 Å². The SMILES string of the molecule is O=C(Nc1cc(Cl)cc(Cl)c1)c1cnc(NCCN2CCOCC2)cn1. The van der Waals surface area contributed by atoms with Gasteiger partial charge in [0.05, 0.1) is 25.6 Å². The summed E-state index contributed by atoms with van der Waals surface area (Å²) in [5.74, 6) is 0.247. The third kappa shape index (κ3) is 5.54. The second-order valence-electron chi connectivity index (χ2n) is 5.78. The summed E-state index contributed by atoms with van der Waals surface area (Å²) in [4.78, 5) is 22.9. The molecule has 0 spiro atoms. The highest BCUT2D eigenvalue weighted by molar-refractivity contribution is 6.35. The van der Waals surface area contributed by atoms with Crippen LogP contribution in [0.25, 0.3) is 0 Å². The van der Waals surface area contributed by atoms with Crippen molar-refractivity contribution in [1.29, 1.82) is 0 Å². The van der Waals surface area contributed by atoms with Gasteiger partial charge in [-0.05, 0) is 18.2 Å². The first-order chi connectivity index (χ1) is 12.6. The van der Waals surface area contributed by atoms with E-state index in [1.165, 1.54) is 6.20 Å². The van der Waals surface area contributed by atoms with Gasteiger partial charge in [0.25, 0.3) is 5.91 Å². The van der Waals surface area contributed by atoms with E-state index in [9.17, 15) is 4.79 Å². The van der Waals surface area contributed by atoms with Crippen LogP contribution < -0.4 is 10.6 Å².